The van der Waals surface area contributed by atoms with Crippen LogP contribution in [0.25, 0.3) is 0 Å². The van der Waals surface area contributed by atoms with Gasteiger partial charge in [0, 0.05) is 11.6 Å². The highest BCUT2D eigenvalue weighted by Gasteiger charge is 2.14. The lowest BCUT2D eigenvalue weighted by atomic mass is 10.2. The number of benzene rings is 1. The Bertz CT molecular complexity index is 767. The molecule has 0 aliphatic rings. The highest BCUT2D eigenvalue weighted by Crippen LogP contribution is 2.11. The molecule has 6 nitrogen and oxygen atoms in total. The summed E-state index contributed by atoms with van der Waals surface area (Å²) in [6.07, 6.45) is 0. The van der Waals surface area contributed by atoms with Crippen molar-refractivity contribution in [3.63, 3.8) is 0 Å². The van der Waals surface area contributed by atoms with E-state index in [1.54, 1.807) is 25.1 Å². The maximum absolute atomic E-state index is 12.1. The SMILES string of the molecule is Cc1cc(CNS(=O)(=O)c2ccc(C#CCO)cc2)on1. The molecule has 2 N–H and O–H groups in total. The van der Waals surface area contributed by atoms with Crippen molar-refractivity contribution in [1.29, 1.82) is 0 Å². The molecule has 7 heteroatoms. The average molecular weight is 306 g/mol. The van der Waals surface area contributed by atoms with Gasteiger partial charge >= 0.3 is 0 Å². The van der Waals surface area contributed by atoms with E-state index in [0.29, 0.717) is 17.0 Å². The van der Waals surface area contributed by atoms with Gasteiger partial charge in [-0.2, -0.15) is 0 Å². The van der Waals surface area contributed by atoms with Crippen molar-refractivity contribution in [2.45, 2.75) is 18.4 Å². The number of nitrogens with zero attached hydrogens (tertiary/aromatic N) is 1. The largest absolute Gasteiger partial charge is 0.384 e. The maximum atomic E-state index is 12.1. The molecular weight excluding hydrogens is 292 g/mol. The van der Waals surface area contributed by atoms with E-state index in [2.05, 4.69) is 21.7 Å². The van der Waals surface area contributed by atoms with Gasteiger partial charge < -0.3 is 9.63 Å². The van der Waals surface area contributed by atoms with Gasteiger partial charge in [0.05, 0.1) is 17.1 Å². The van der Waals surface area contributed by atoms with Crippen LogP contribution in [0.15, 0.2) is 39.8 Å². The second kappa shape index (κ2) is 6.54. The molecule has 0 amide bonds. The molecule has 0 fully saturated rings. The Labute approximate surface area is 122 Å². The topological polar surface area (TPSA) is 92.4 Å². The van der Waals surface area contributed by atoms with E-state index in [9.17, 15) is 8.42 Å². The summed E-state index contributed by atoms with van der Waals surface area (Å²) < 4.78 is 31.5. The van der Waals surface area contributed by atoms with Gasteiger partial charge in [-0.1, -0.05) is 17.0 Å². The molecule has 2 rings (SSSR count). The molecule has 0 spiro atoms. The van der Waals surface area contributed by atoms with Crippen LogP contribution in [0.2, 0.25) is 0 Å². The van der Waals surface area contributed by atoms with Crippen molar-refractivity contribution >= 4 is 10.0 Å². The third-order valence-electron chi connectivity index (χ3n) is 2.59. The lowest BCUT2D eigenvalue weighted by Gasteiger charge is -2.04. The molecular formula is C14H14N2O4S. The van der Waals surface area contributed by atoms with Crippen LogP contribution < -0.4 is 4.72 Å². The molecule has 2 aromatic rings. The Hall–Kier alpha value is -2.14. The first kappa shape index (κ1) is 15.3. The molecule has 1 heterocycles. The van der Waals surface area contributed by atoms with Gasteiger partial charge in [0.15, 0.2) is 5.76 Å². The van der Waals surface area contributed by atoms with E-state index in [4.69, 9.17) is 9.63 Å². The third-order valence-corrected chi connectivity index (χ3v) is 4.01. The number of hydrogen-bond acceptors (Lipinski definition) is 5. The molecule has 0 atom stereocenters. The van der Waals surface area contributed by atoms with Gasteiger partial charge in [0.2, 0.25) is 10.0 Å². The summed E-state index contributed by atoms with van der Waals surface area (Å²) in [4.78, 5) is 0.133. The maximum Gasteiger partial charge on any atom is 0.240 e. The fraction of sp³-hybridized carbons (Fsp3) is 0.214. The number of rotatable bonds is 4. The Balaban J connectivity index is 2.08. The fourth-order valence-corrected chi connectivity index (χ4v) is 2.60. The summed E-state index contributed by atoms with van der Waals surface area (Å²) in [6.45, 7) is 1.56. The summed E-state index contributed by atoms with van der Waals surface area (Å²) in [7, 11) is -3.62. The summed E-state index contributed by atoms with van der Waals surface area (Å²) in [5, 5.41) is 12.3. The van der Waals surface area contributed by atoms with Crippen molar-refractivity contribution in [3.05, 3.63) is 47.3 Å². The second-order valence-electron chi connectivity index (χ2n) is 4.24. The Morgan fingerprint density at radius 2 is 2.05 bits per heavy atom. The van der Waals surface area contributed by atoms with E-state index < -0.39 is 10.0 Å². The predicted molar refractivity (Wildman–Crippen MR) is 75.7 cm³/mol. The zero-order valence-corrected chi connectivity index (χ0v) is 12.1. The minimum absolute atomic E-state index is 0.0369. The van der Waals surface area contributed by atoms with Gasteiger partial charge in [-0.3, -0.25) is 0 Å². The van der Waals surface area contributed by atoms with Crippen LogP contribution in [-0.2, 0) is 16.6 Å². The summed E-state index contributed by atoms with van der Waals surface area (Å²) >= 11 is 0. The number of aromatic nitrogens is 1. The van der Waals surface area contributed by atoms with E-state index in [1.165, 1.54) is 12.1 Å². The first-order chi connectivity index (χ1) is 10.0. The highest BCUT2D eigenvalue weighted by atomic mass is 32.2. The van der Waals surface area contributed by atoms with Gasteiger partial charge in [-0.05, 0) is 31.2 Å². The third kappa shape index (κ3) is 4.16. The van der Waals surface area contributed by atoms with Crippen molar-refractivity contribution < 1.29 is 18.0 Å². The molecule has 110 valence electrons. The molecule has 0 aliphatic carbocycles. The standard InChI is InChI=1S/C14H14N2O4S/c1-11-9-13(20-16-11)10-15-21(18,19)14-6-4-12(5-7-14)3-2-8-17/h4-7,9,15,17H,8,10H2,1H3. The Morgan fingerprint density at radius 1 is 1.33 bits per heavy atom. The van der Waals surface area contributed by atoms with Crippen LogP contribution >= 0.6 is 0 Å². The molecule has 0 bridgehead atoms. The van der Waals surface area contributed by atoms with Crippen LogP contribution in [0.1, 0.15) is 17.0 Å². The number of aryl methyl sites for hydroxylation is 1. The van der Waals surface area contributed by atoms with E-state index in [-0.39, 0.29) is 18.0 Å². The van der Waals surface area contributed by atoms with Gasteiger partial charge in [-0.15, -0.1) is 0 Å². The van der Waals surface area contributed by atoms with Crippen molar-refractivity contribution in [2.24, 2.45) is 0 Å². The highest BCUT2D eigenvalue weighted by molar-refractivity contribution is 7.89. The molecule has 21 heavy (non-hydrogen) atoms. The Kier molecular flexibility index (Phi) is 4.75. The summed E-state index contributed by atoms with van der Waals surface area (Å²) in [5.74, 6) is 5.63. The number of aliphatic hydroxyl groups is 1. The first-order valence-corrected chi connectivity index (χ1v) is 7.61. The van der Waals surface area contributed by atoms with Gasteiger partial charge in [-0.25, -0.2) is 13.1 Å². The average Bonchev–Trinajstić information content (AvgIpc) is 2.89. The first-order valence-electron chi connectivity index (χ1n) is 6.13. The number of hydrogen-bond donors (Lipinski definition) is 2. The van der Waals surface area contributed by atoms with Crippen molar-refractivity contribution in [1.82, 2.24) is 9.88 Å². The second-order valence-corrected chi connectivity index (χ2v) is 6.01. The van der Waals surface area contributed by atoms with Crippen molar-refractivity contribution in [3.8, 4) is 11.8 Å². The van der Waals surface area contributed by atoms with Crippen LogP contribution in [-0.4, -0.2) is 25.3 Å². The number of nitrogens with one attached hydrogen (secondary N) is 1. The monoisotopic (exact) mass is 306 g/mol. The lowest BCUT2D eigenvalue weighted by molar-refractivity contribution is 0.350. The summed E-state index contributed by atoms with van der Waals surface area (Å²) in [5.41, 5.74) is 1.32. The van der Waals surface area contributed by atoms with Gasteiger partial charge in [0.25, 0.3) is 0 Å². The van der Waals surface area contributed by atoms with Crippen molar-refractivity contribution in [2.75, 3.05) is 6.61 Å². The minimum atomic E-state index is -3.62. The number of aliphatic hydroxyl groups excluding tert-OH is 1. The lowest BCUT2D eigenvalue weighted by Crippen LogP contribution is -2.22. The molecule has 1 aromatic carbocycles. The molecule has 0 unspecified atom stereocenters. The normalized spacial score (nSPS) is 11.0. The van der Waals surface area contributed by atoms with Gasteiger partial charge in [0.1, 0.15) is 6.61 Å². The van der Waals surface area contributed by atoms with Crippen LogP contribution in [0.4, 0.5) is 0 Å². The van der Waals surface area contributed by atoms with Crippen LogP contribution in [0.5, 0.6) is 0 Å². The zero-order valence-electron chi connectivity index (χ0n) is 11.3. The zero-order chi connectivity index (χ0) is 15.3. The summed E-state index contributed by atoms with van der Waals surface area (Å²) in [6, 6.07) is 7.73. The quantitative estimate of drug-likeness (QED) is 0.815. The molecule has 0 aliphatic heterocycles. The van der Waals surface area contributed by atoms with Crippen LogP contribution in [0.3, 0.4) is 0 Å². The molecule has 0 saturated carbocycles. The molecule has 0 radical (unpaired) electrons. The van der Waals surface area contributed by atoms with E-state index in [0.717, 1.165) is 0 Å². The minimum Gasteiger partial charge on any atom is -0.384 e. The molecule has 1 aromatic heterocycles. The van der Waals surface area contributed by atoms with E-state index >= 15 is 0 Å². The Morgan fingerprint density at radius 3 is 2.62 bits per heavy atom. The van der Waals surface area contributed by atoms with Crippen LogP contribution in [0, 0.1) is 18.8 Å². The predicted octanol–water partition coefficient (Wildman–Crippen LogP) is 0.805. The molecule has 0 saturated heterocycles. The van der Waals surface area contributed by atoms with E-state index in [1.807, 2.05) is 0 Å². The number of sulfonamides is 1. The smallest absolute Gasteiger partial charge is 0.240 e. The fourth-order valence-electron chi connectivity index (χ4n) is 1.61.